The summed E-state index contributed by atoms with van der Waals surface area (Å²) in [6.07, 6.45) is -0.649. The van der Waals surface area contributed by atoms with Gasteiger partial charge in [0.1, 0.15) is 30.5 Å². The Balaban J connectivity index is 0.000000695. The zero-order chi connectivity index (χ0) is 27.2. The van der Waals surface area contributed by atoms with Crippen LogP contribution in [0, 0.1) is 0 Å². The largest absolute Gasteiger partial charge is 0.394 e. The average Bonchev–Trinajstić information content (AvgIpc) is 3.35. The van der Waals surface area contributed by atoms with Gasteiger partial charge < -0.3 is 30.4 Å². The molecular weight excluding hydrogens is 510 g/mol. The summed E-state index contributed by atoms with van der Waals surface area (Å²) in [6.45, 7) is 1.73. The van der Waals surface area contributed by atoms with E-state index in [4.69, 9.17) is 33.9 Å². The number of nitrogens with two attached hydrogens (primary N) is 2. The molecule has 3 heterocycles. The third-order valence-corrected chi connectivity index (χ3v) is 5.67. The van der Waals surface area contributed by atoms with E-state index in [1.807, 2.05) is 42.3 Å². The molecule has 4 atom stereocenters. The number of hydrogen-bond acceptors (Lipinski definition) is 12. The second-order valence-corrected chi connectivity index (χ2v) is 9.33. The first kappa shape index (κ1) is 28.8. The number of fused-ring (bicyclic) bond motifs is 1. The summed E-state index contributed by atoms with van der Waals surface area (Å²) in [5.41, 5.74) is 7.69. The number of nitrogens with zero attached hydrogens (tertiary/aromatic N) is 5. The summed E-state index contributed by atoms with van der Waals surface area (Å²) in [6, 6.07) is 9.48. The molecule has 0 aliphatic carbocycles. The monoisotopic (exact) mass is 541 g/mol. The highest BCUT2D eigenvalue weighted by Gasteiger charge is 2.45. The number of hydrogen-bond donors (Lipinski definition) is 6. The molecule has 2 aromatic heterocycles. The van der Waals surface area contributed by atoms with E-state index < -0.39 is 34.9 Å². The van der Waals surface area contributed by atoms with Crippen molar-refractivity contribution in [3.63, 3.8) is 0 Å². The molecule has 4 rings (SSSR count). The van der Waals surface area contributed by atoms with E-state index in [9.17, 15) is 10.2 Å². The molecule has 0 amide bonds. The molecule has 0 bridgehead atoms. The van der Waals surface area contributed by atoms with E-state index in [0.29, 0.717) is 30.1 Å². The lowest BCUT2D eigenvalue weighted by molar-refractivity contribution is -0.0414. The van der Waals surface area contributed by atoms with E-state index in [-0.39, 0.29) is 5.82 Å². The van der Waals surface area contributed by atoms with Crippen LogP contribution in [0.4, 0.5) is 5.82 Å². The van der Waals surface area contributed by atoms with Crippen molar-refractivity contribution in [2.24, 2.45) is 5.90 Å². The highest BCUT2D eigenvalue weighted by atomic mass is 32.3. The number of rotatable bonds is 9. The molecule has 0 radical (unpaired) electrons. The summed E-state index contributed by atoms with van der Waals surface area (Å²) in [7, 11) is -2.73. The molecule has 1 aliphatic heterocycles. The van der Waals surface area contributed by atoms with Gasteiger partial charge in [0.05, 0.1) is 6.61 Å². The van der Waals surface area contributed by atoms with Gasteiger partial charge in [-0.25, -0.2) is 20.8 Å². The minimum Gasteiger partial charge on any atom is -0.387 e. The van der Waals surface area contributed by atoms with E-state index in [0.717, 1.165) is 24.9 Å². The van der Waals surface area contributed by atoms with Crippen molar-refractivity contribution >= 4 is 27.4 Å². The Morgan fingerprint density at radius 1 is 1.14 bits per heavy atom. The number of anilines is 1. The second-order valence-electron chi connectivity index (χ2n) is 8.44. The number of aliphatic hydroxyl groups excluding tert-OH is 2. The minimum absolute atomic E-state index is 0.233. The van der Waals surface area contributed by atoms with Gasteiger partial charge in [0.25, 0.3) is 0 Å². The van der Waals surface area contributed by atoms with Crippen LogP contribution in [-0.2, 0) is 20.0 Å². The number of aliphatic hydroxyl groups is 2. The summed E-state index contributed by atoms with van der Waals surface area (Å²) in [5.74, 6) is 5.82. The maximum atomic E-state index is 10.9. The maximum Gasteiger partial charge on any atom is 0.394 e. The van der Waals surface area contributed by atoms with E-state index in [1.54, 1.807) is 4.57 Å². The van der Waals surface area contributed by atoms with Crippen LogP contribution in [-0.4, -0.2) is 97.2 Å². The highest BCUT2D eigenvalue weighted by molar-refractivity contribution is 7.79. The van der Waals surface area contributed by atoms with Crippen LogP contribution in [0.15, 0.2) is 36.7 Å². The minimum atomic E-state index is -4.67. The lowest BCUT2D eigenvalue weighted by Crippen LogP contribution is -2.38. The molecule has 1 aliphatic rings. The number of likely N-dealkylation sites (N-methyl/N-ethyl adjacent to an activating group) is 1. The van der Waals surface area contributed by atoms with E-state index in [1.165, 1.54) is 6.33 Å². The fourth-order valence-corrected chi connectivity index (χ4v) is 4.02. The van der Waals surface area contributed by atoms with Gasteiger partial charge in [-0.05, 0) is 26.4 Å². The van der Waals surface area contributed by atoms with Crippen molar-refractivity contribution in [2.45, 2.75) is 37.4 Å². The number of benzene rings is 1. The van der Waals surface area contributed by atoms with Gasteiger partial charge in [-0.3, -0.25) is 13.7 Å². The summed E-state index contributed by atoms with van der Waals surface area (Å²) < 4.78 is 39.4. The molecule has 1 fully saturated rings. The quantitative estimate of drug-likeness (QED) is 0.115. The van der Waals surface area contributed by atoms with Crippen LogP contribution in [0.5, 0.6) is 0 Å². The Morgan fingerprint density at radius 2 is 1.81 bits per heavy atom. The summed E-state index contributed by atoms with van der Waals surface area (Å²) >= 11 is 0. The van der Waals surface area contributed by atoms with Gasteiger partial charge in [0, 0.05) is 12.1 Å². The van der Waals surface area contributed by atoms with E-state index in [2.05, 4.69) is 19.8 Å². The maximum absolute atomic E-state index is 10.9. The molecule has 1 aromatic carbocycles. The Bertz CT molecular complexity index is 1250. The molecule has 1 saturated heterocycles. The number of ether oxygens (including phenoxy) is 1. The standard InChI is InChI=1S/C21H29N7O4.H2O4S/c1-27(9-5-6-10-31-23)11-14-16(29)17(30)21(32-14)28-19(13-7-3-2-4-8-13)26-15-18(22)24-12-25-20(15)28;1-5(2,3)4/h2-4,7-8,12,14,16-17,21,29-30H,5-6,9-11,23H2,1H3,(H2,22,24,25);(H2,1,2,3,4)/t14-,16?,17?,21-;/m1./s1. The Kier molecular flexibility index (Phi) is 9.82. The molecule has 2 unspecified atom stereocenters. The number of imidazole rings is 1. The molecular formula is C21H31N7O8S. The van der Waals surface area contributed by atoms with Crippen molar-refractivity contribution in [1.29, 1.82) is 0 Å². The summed E-state index contributed by atoms with van der Waals surface area (Å²) in [4.78, 5) is 19.6. The first-order valence-electron chi connectivity index (χ1n) is 11.3. The van der Waals surface area contributed by atoms with Gasteiger partial charge in [-0.2, -0.15) is 8.42 Å². The fraction of sp³-hybridized carbons (Fsp3) is 0.476. The molecule has 0 spiro atoms. The predicted octanol–water partition coefficient (Wildman–Crippen LogP) is -0.356. The SMILES string of the molecule is CN(CCCCON)C[C@H]1O[C@@H](n2c(-c3ccccc3)nc3c(N)ncnc32)C(O)C1O.O=S(=O)(O)O. The first-order valence-corrected chi connectivity index (χ1v) is 12.7. The first-order chi connectivity index (χ1) is 17.5. The van der Waals surface area contributed by atoms with Crippen LogP contribution >= 0.6 is 0 Å². The lowest BCUT2D eigenvalue weighted by atomic mass is 10.1. The molecule has 37 heavy (non-hydrogen) atoms. The zero-order valence-electron chi connectivity index (χ0n) is 20.0. The number of aromatic nitrogens is 4. The van der Waals surface area contributed by atoms with E-state index >= 15 is 0 Å². The van der Waals surface area contributed by atoms with Crippen molar-refractivity contribution < 1.29 is 37.3 Å². The summed E-state index contributed by atoms with van der Waals surface area (Å²) in [5, 5.41) is 21.7. The van der Waals surface area contributed by atoms with Gasteiger partial charge in [0.15, 0.2) is 23.2 Å². The van der Waals surface area contributed by atoms with Crippen molar-refractivity contribution in [3.8, 4) is 11.4 Å². The second kappa shape index (κ2) is 12.6. The molecule has 204 valence electrons. The molecule has 15 nitrogen and oxygen atoms in total. The van der Waals surface area contributed by atoms with Crippen molar-refractivity contribution in [2.75, 3.05) is 32.5 Å². The number of nitrogen functional groups attached to an aromatic ring is 1. The normalized spacial score (nSPS) is 21.8. The van der Waals surface area contributed by atoms with Crippen LogP contribution in [0.3, 0.4) is 0 Å². The van der Waals surface area contributed by atoms with Crippen LogP contribution < -0.4 is 11.6 Å². The molecule has 0 saturated carbocycles. The van der Waals surface area contributed by atoms with Crippen LogP contribution in [0.25, 0.3) is 22.6 Å². The Labute approximate surface area is 213 Å². The topological polar surface area (TPSA) is 232 Å². The highest BCUT2D eigenvalue weighted by Crippen LogP contribution is 2.36. The lowest BCUT2D eigenvalue weighted by Gasteiger charge is -2.23. The van der Waals surface area contributed by atoms with Gasteiger partial charge in [-0.15, -0.1) is 0 Å². The van der Waals surface area contributed by atoms with Crippen LogP contribution in [0.1, 0.15) is 19.1 Å². The third kappa shape index (κ3) is 7.60. The molecule has 3 aromatic rings. The Morgan fingerprint density at radius 3 is 2.46 bits per heavy atom. The molecule has 16 heteroatoms. The van der Waals surface area contributed by atoms with Crippen molar-refractivity contribution in [1.82, 2.24) is 24.4 Å². The van der Waals surface area contributed by atoms with Gasteiger partial charge in [-0.1, -0.05) is 30.3 Å². The third-order valence-electron chi connectivity index (χ3n) is 5.67. The van der Waals surface area contributed by atoms with Gasteiger partial charge >= 0.3 is 10.4 Å². The van der Waals surface area contributed by atoms with Crippen molar-refractivity contribution in [3.05, 3.63) is 36.7 Å². The zero-order valence-corrected chi connectivity index (χ0v) is 20.8. The fourth-order valence-electron chi connectivity index (χ4n) is 4.02. The van der Waals surface area contributed by atoms with Crippen LogP contribution in [0.2, 0.25) is 0 Å². The Hall–Kier alpha value is -2.80. The smallest absolute Gasteiger partial charge is 0.387 e. The average molecular weight is 542 g/mol. The number of unbranched alkanes of at least 4 members (excludes halogenated alkanes) is 1. The molecule has 8 N–H and O–H groups in total. The van der Waals surface area contributed by atoms with Gasteiger partial charge in [0.2, 0.25) is 0 Å². The predicted molar refractivity (Wildman–Crippen MR) is 132 cm³/mol.